The lowest BCUT2D eigenvalue weighted by Gasteiger charge is -2.09. The highest BCUT2D eigenvalue weighted by Gasteiger charge is 2.14. The average molecular weight is 362 g/mol. The van der Waals surface area contributed by atoms with E-state index < -0.39 is 0 Å². The van der Waals surface area contributed by atoms with Gasteiger partial charge < -0.3 is 4.57 Å². The van der Waals surface area contributed by atoms with Crippen LogP contribution in [0.3, 0.4) is 0 Å². The fraction of sp³-hybridized carbons (Fsp3) is 0.250. The van der Waals surface area contributed by atoms with Gasteiger partial charge in [0.2, 0.25) is 0 Å². The molecular weight excluding hydrogens is 346 g/mol. The van der Waals surface area contributed by atoms with Gasteiger partial charge in [-0.1, -0.05) is 22.9 Å². The minimum atomic E-state index is 0.922. The molecular formula is C16H16BrN3S. The van der Waals surface area contributed by atoms with Crippen LogP contribution in [0.2, 0.25) is 0 Å². The van der Waals surface area contributed by atoms with Gasteiger partial charge >= 0.3 is 0 Å². The van der Waals surface area contributed by atoms with Crippen molar-refractivity contribution in [2.75, 3.05) is 5.75 Å². The van der Waals surface area contributed by atoms with Crippen molar-refractivity contribution in [1.82, 2.24) is 14.5 Å². The maximum Gasteiger partial charge on any atom is 0.160 e. The summed E-state index contributed by atoms with van der Waals surface area (Å²) in [4.78, 5) is 10.5. The summed E-state index contributed by atoms with van der Waals surface area (Å²) >= 11 is 5.38. The van der Waals surface area contributed by atoms with Crippen molar-refractivity contribution >= 4 is 38.9 Å². The van der Waals surface area contributed by atoms with E-state index in [0.717, 1.165) is 38.3 Å². The molecule has 3 nitrogen and oxygen atoms in total. The van der Waals surface area contributed by atoms with Gasteiger partial charge in [-0.2, -0.15) is 0 Å². The zero-order valence-corrected chi connectivity index (χ0v) is 14.6. The number of nitrogens with zero attached hydrogens (tertiary/aromatic N) is 3. The van der Waals surface area contributed by atoms with E-state index in [0.29, 0.717) is 0 Å². The monoisotopic (exact) mass is 361 g/mol. The number of pyridine rings is 1. The summed E-state index contributed by atoms with van der Waals surface area (Å²) in [5.41, 5.74) is 4.16. The van der Waals surface area contributed by atoms with Gasteiger partial charge in [-0.05, 0) is 42.5 Å². The van der Waals surface area contributed by atoms with E-state index in [1.54, 1.807) is 0 Å². The van der Waals surface area contributed by atoms with Gasteiger partial charge in [-0.25, -0.2) is 9.97 Å². The molecule has 3 aromatic rings. The lowest BCUT2D eigenvalue weighted by atomic mass is 10.2. The van der Waals surface area contributed by atoms with E-state index in [1.807, 2.05) is 31.9 Å². The molecule has 0 unspecified atom stereocenters. The standard InChI is InChI=1S/C16H16BrN3S/c1-4-21-14-8-11(17)5-6-12(14)15-19-13-7-10(2)9-18-16(13)20(15)3/h5-9H,4H2,1-3H3. The predicted octanol–water partition coefficient (Wildman–Crippen LogP) is 4.82. The second-order valence-electron chi connectivity index (χ2n) is 4.92. The van der Waals surface area contributed by atoms with E-state index >= 15 is 0 Å². The van der Waals surface area contributed by atoms with Crippen molar-refractivity contribution in [3.8, 4) is 11.4 Å². The molecule has 0 fully saturated rings. The molecule has 0 atom stereocenters. The van der Waals surface area contributed by atoms with Crippen LogP contribution in [-0.2, 0) is 7.05 Å². The van der Waals surface area contributed by atoms with Crippen LogP contribution >= 0.6 is 27.7 Å². The molecule has 0 aliphatic carbocycles. The Morgan fingerprint density at radius 1 is 1.29 bits per heavy atom. The van der Waals surface area contributed by atoms with Crippen LogP contribution in [0.5, 0.6) is 0 Å². The molecule has 3 rings (SSSR count). The first-order valence-corrected chi connectivity index (χ1v) is 8.59. The molecule has 0 spiro atoms. The first-order valence-electron chi connectivity index (χ1n) is 6.82. The molecule has 0 saturated carbocycles. The summed E-state index contributed by atoms with van der Waals surface area (Å²) in [6.45, 7) is 4.20. The van der Waals surface area contributed by atoms with Crippen molar-refractivity contribution in [2.24, 2.45) is 7.05 Å². The van der Waals surface area contributed by atoms with Gasteiger partial charge in [0.15, 0.2) is 5.65 Å². The van der Waals surface area contributed by atoms with E-state index in [2.05, 4.69) is 56.7 Å². The van der Waals surface area contributed by atoms with E-state index in [1.165, 1.54) is 4.90 Å². The second-order valence-corrected chi connectivity index (χ2v) is 7.14. The van der Waals surface area contributed by atoms with Crippen molar-refractivity contribution in [3.63, 3.8) is 0 Å². The Hall–Kier alpha value is -1.33. The van der Waals surface area contributed by atoms with Crippen LogP contribution in [0.1, 0.15) is 12.5 Å². The van der Waals surface area contributed by atoms with Gasteiger partial charge in [-0.3, -0.25) is 0 Å². The van der Waals surface area contributed by atoms with Crippen molar-refractivity contribution in [2.45, 2.75) is 18.7 Å². The van der Waals surface area contributed by atoms with Gasteiger partial charge in [0.1, 0.15) is 11.3 Å². The maximum atomic E-state index is 4.79. The fourth-order valence-corrected chi connectivity index (χ4v) is 3.72. The van der Waals surface area contributed by atoms with Crippen LogP contribution in [0.15, 0.2) is 39.8 Å². The third-order valence-electron chi connectivity index (χ3n) is 3.33. The summed E-state index contributed by atoms with van der Waals surface area (Å²) in [5.74, 6) is 2.00. The largest absolute Gasteiger partial charge is 0.312 e. The van der Waals surface area contributed by atoms with Crippen LogP contribution in [0, 0.1) is 6.92 Å². The molecule has 2 aromatic heterocycles. The third kappa shape index (κ3) is 2.72. The minimum Gasteiger partial charge on any atom is -0.312 e. The highest BCUT2D eigenvalue weighted by Crippen LogP contribution is 2.34. The zero-order valence-electron chi connectivity index (χ0n) is 12.2. The molecule has 0 aliphatic heterocycles. The first-order chi connectivity index (χ1) is 10.1. The quantitative estimate of drug-likeness (QED) is 0.626. The van der Waals surface area contributed by atoms with Crippen molar-refractivity contribution in [3.05, 3.63) is 40.5 Å². The number of rotatable bonds is 3. The van der Waals surface area contributed by atoms with Crippen molar-refractivity contribution < 1.29 is 0 Å². The third-order valence-corrected chi connectivity index (χ3v) is 4.76. The Bertz CT molecular complexity index is 811. The molecule has 0 N–H and O–H groups in total. The number of thioether (sulfide) groups is 1. The molecule has 0 bridgehead atoms. The summed E-state index contributed by atoms with van der Waals surface area (Å²) < 4.78 is 3.16. The molecule has 2 heterocycles. The number of aromatic nitrogens is 3. The Kier molecular flexibility index (Phi) is 4.04. The lowest BCUT2D eigenvalue weighted by Crippen LogP contribution is -1.95. The topological polar surface area (TPSA) is 30.7 Å². The summed E-state index contributed by atoms with van der Waals surface area (Å²) in [6.07, 6.45) is 1.89. The predicted molar refractivity (Wildman–Crippen MR) is 92.8 cm³/mol. The lowest BCUT2D eigenvalue weighted by molar-refractivity contribution is 0.937. The Balaban J connectivity index is 2.22. The number of imidazole rings is 1. The van der Waals surface area contributed by atoms with Crippen LogP contribution < -0.4 is 0 Å². The number of hydrogen-bond donors (Lipinski definition) is 0. The summed E-state index contributed by atoms with van der Waals surface area (Å²) in [7, 11) is 2.02. The average Bonchev–Trinajstić information content (AvgIpc) is 2.76. The van der Waals surface area contributed by atoms with Gasteiger partial charge in [0.05, 0.1) is 0 Å². The Morgan fingerprint density at radius 3 is 2.86 bits per heavy atom. The summed E-state index contributed by atoms with van der Waals surface area (Å²) in [5, 5.41) is 0. The molecule has 1 aromatic carbocycles. The molecule has 108 valence electrons. The fourth-order valence-electron chi connectivity index (χ4n) is 2.37. The highest BCUT2D eigenvalue weighted by atomic mass is 79.9. The van der Waals surface area contributed by atoms with E-state index in [9.17, 15) is 0 Å². The number of aryl methyl sites for hydroxylation is 2. The second kappa shape index (κ2) is 5.81. The maximum absolute atomic E-state index is 4.79. The molecule has 5 heteroatoms. The van der Waals surface area contributed by atoms with Gasteiger partial charge in [0.25, 0.3) is 0 Å². The van der Waals surface area contributed by atoms with Crippen LogP contribution in [0.25, 0.3) is 22.6 Å². The smallest absolute Gasteiger partial charge is 0.160 e. The van der Waals surface area contributed by atoms with Gasteiger partial charge in [-0.15, -0.1) is 11.8 Å². The Morgan fingerprint density at radius 2 is 2.10 bits per heavy atom. The number of hydrogen-bond acceptors (Lipinski definition) is 3. The summed E-state index contributed by atoms with van der Waals surface area (Å²) in [6, 6.07) is 8.42. The van der Waals surface area contributed by atoms with Crippen LogP contribution in [-0.4, -0.2) is 20.3 Å². The molecule has 0 saturated heterocycles. The minimum absolute atomic E-state index is 0.922. The number of halogens is 1. The van der Waals surface area contributed by atoms with E-state index in [-0.39, 0.29) is 0 Å². The molecule has 0 radical (unpaired) electrons. The highest BCUT2D eigenvalue weighted by molar-refractivity contribution is 9.10. The van der Waals surface area contributed by atoms with Crippen LogP contribution in [0.4, 0.5) is 0 Å². The number of benzene rings is 1. The van der Waals surface area contributed by atoms with E-state index in [4.69, 9.17) is 4.98 Å². The molecule has 21 heavy (non-hydrogen) atoms. The molecule has 0 amide bonds. The molecule has 0 aliphatic rings. The van der Waals surface area contributed by atoms with Gasteiger partial charge in [0, 0.05) is 28.2 Å². The first kappa shape index (κ1) is 14.6. The normalized spacial score (nSPS) is 11.2. The SMILES string of the molecule is CCSc1cc(Br)ccc1-c1nc2cc(C)cnc2n1C. The van der Waals surface area contributed by atoms with Crippen molar-refractivity contribution in [1.29, 1.82) is 0 Å². The zero-order chi connectivity index (χ0) is 15.0. The number of fused-ring (bicyclic) bond motifs is 1. The Labute approximate surface area is 136 Å².